The molecular formula is C16H15N3. The Kier molecular flexibility index (Phi) is 2.80. The molecule has 3 aromatic rings. The highest BCUT2D eigenvalue weighted by Crippen LogP contribution is 2.25. The molecule has 2 aromatic carbocycles. The lowest BCUT2D eigenvalue weighted by Crippen LogP contribution is -1.94. The van der Waals surface area contributed by atoms with Crippen LogP contribution in [0, 0.1) is 6.92 Å². The Morgan fingerprint density at radius 1 is 0.947 bits per heavy atom. The Labute approximate surface area is 112 Å². The second-order valence-electron chi connectivity index (χ2n) is 4.58. The summed E-state index contributed by atoms with van der Waals surface area (Å²) < 4.78 is 1.82. The van der Waals surface area contributed by atoms with Gasteiger partial charge in [0.05, 0.1) is 17.6 Å². The maximum Gasteiger partial charge on any atom is 0.116 e. The van der Waals surface area contributed by atoms with Gasteiger partial charge in [0.2, 0.25) is 0 Å². The van der Waals surface area contributed by atoms with E-state index in [1.807, 2.05) is 53.3 Å². The average molecular weight is 249 g/mol. The van der Waals surface area contributed by atoms with E-state index in [0.717, 1.165) is 16.9 Å². The number of anilines is 1. The maximum atomic E-state index is 6.06. The first-order chi connectivity index (χ1) is 9.24. The normalized spacial score (nSPS) is 10.6. The fourth-order valence-electron chi connectivity index (χ4n) is 2.04. The highest BCUT2D eigenvalue weighted by atomic mass is 15.3. The van der Waals surface area contributed by atoms with Gasteiger partial charge in [0.15, 0.2) is 0 Å². The number of hydrogen-bond donors (Lipinski definition) is 1. The third kappa shape index (κ3) is 2.22. The number of aromatic nitrogens is 2. The molecule has 0 unspecified atom stereocenters. The summed E-state index contributed by atoms with van der Waals surface area (Å²) in [5.41, 5.74) is 10.8. The first-order valence-electron chi connectivity index (χ1n) is 6.21. The lowest BCUT2D eigenvalue weighted by Gasteiger charge is -2.01. The smallest absolute Gasteiger partial charge is 0.116 e. The molecule has 3 rings (SSSR count). The van der Waals surface area contributed by atoms with Crippen LogP contribution in [-0.4, -0.2) is 9.78 Å². The minimum absolute atomic E-state index is 0.687. The number of nitrogens with two attached hydrogens (primary N) is 1. The second kappa shape index (κ2) is 4.61. The van der Waals surface area contributed by atoms with E-state index in [4.69, 9.17) is 5.73 Å². The third-order valence-corrected chi connectivity index (χ3v) is 3.09. The van der Waals surface area contributed by atoms with Crippen molar-refractivity contribution in [1.82, 2.24) is 9.78 Å². The van der Waals surface area contributed by atoms with Crippen molar-refractivity contribution in [1.29, 1.82) is 0 Å². The molecule has 0 saturated heterocycles. The summed E-state index contributed by atoms with van der Waals surface area (Å²) in [7, 11) is 0. The molecule has 0 aliphatic rings. The van der Waals surface area contributed by atoms with E-state index in [1.165, 1.54) is 5.56 Å². The van der Waals surface area contributed by atoms with Crippen LogP contribution in [0.3, 0.4) is 0 Å². The Balaban J connectivity index is 2.04. The fraction of sp³-hybridized carbons (Fsp3) is 0.0625. The van der Waals surface area contributed by atoms with Crippen LogP contribution in [0.5, 0.6) is 0 Å². The van der Waals surface area contributed by atoms with Crippen molar-refractivity contribution in [2.75, 3.05) is 5.73 Å². The Bertz CT molecular complexity index is 682. The van der Waals surface area contributed by atoms with E-state index < -0.39 is 0 Å². The molecule has 0 fully saturated rings. The quantitative estimate of drug-likeness (QED) is 0.756. The molecule has 1 aromatic heterocycles. The number of nitrogens with zero attached hydrogens (tertiary/aromatic N) is 2. The van der Waals surface area contributed by atoms with Gasteiger partial charge >= 0.3 is 0 Å². The minimum atomic E-state index is 0.687. The van der Waals surface area contributed by atoms with Crippen LogP contribution in [0.25, 0.3) is 16.9 Å². The predicted octanol–water partition coefficient (Wildman–Crippen LogP) is 3.43. The number of nitrogen functional groups attached to an aromatic ring is 1. The Morgan fingerprint density at radius 2 is 1.63 bits per heavy atom. The van der Waals surface area contributed by atoms with Gasteiger partial charge < -0.3 is 5.73 Å². The van der Waals surface area contributed by atoms with Crippen LogP contribution in [0.1, 0.15) is 5.56 Å². The molecule has 3 nitrogen and oxygen atoms in total. The fourth-order valence-corrected chi connectivity index (χ4v) is 2.04. The molecule has 0 bridgehead atoms. The summed E-state index contributed by atoms with van der Waals surface area (Å²) in [5, 5.41) is 4.57. The zero-order valence-corrected chi connectivity index (χ0v) is 10.7. The summed E-state index contributed by atoms with van der Waals surface area (Å²) in [6.07, 6.45) is 1.85. The van der Waals surface area contributed by atoms with Gasteiger partial charge in [-0.05, 0) is 19.1 Å². The van der Waals surface area contributed by atoms with E-state index in [2.05, 4.69) is 24.2 Å². The number of hydrogen-bond acceptors (Lipinski definition) is 2. The Morgan fingerprint density at radius 3 is 2.32 bits per heavy atom. The van der Waals surface area contributed by atoms with Gasteiger partial charge in [-0.15, -0.1) is 0 Å². The van der Waals surface area contributed by atoms with E-state index in [-0.39, 0.29) is 0 Å². The number of aryl methyl sites for hydroxylation is 1. The van der Waals surface area contributed by atoms with Gasteiger partial charge in [-0.25, -0.2) is 4.68 Å². The molecule has 19 heavy (non-hydrogen) atoms. The van der Waals surface area contributed by atoms with Gasteiger partial charge in [-0.3, -0.25) is 0 Å². The predicted molar refractivity (Wildman–Crippen MR) is 78.1 cm³/mol. The molecule has 3 heteroatoms. The standard InChI is InChI=1S/C16H15N3/c1-12-7-9-14(10-8-12)19-11-15(17)16(18-19)13-5-3-2-4-6-13/h2-11H,17H2,1H3. The summed E-state index contributed by atoms with van der Waals surface area (Å²) in [4.78, 5) is 0. The lowest BCUT2D eigenvalue weighted by atomic mass is 10.1. The van der Waals surface area contributed by atoms with E-state index in [9.17, 15) is 0 Å². The molecule has 0 aliphatic heterocycles. The first-order valence-corrected chi connectivity index (χ1v) is 6.21. The first kappa shape index (κ1) is 11.5. The van der Waals surface area contributed by atoms with Crippen molar-refractivity contribution in [3.63, 3.8) is 0 Å². The summed E-state index contributed by atoms with van der Waals surface area (Å²) >= 11 is 0. The minimum Gasteiger partial charge on any atom is -0.396 e. The van der Waals surface area contributed by atoms with Gasteiger partial charge in [-0.1, -0.05) is 48.0 Å². The molecule has 2 N–H and O–H groups in total. The summed E-state index contributed by atoms with van der Waals surface area (Å²) in [6.45, 7) is 2.07. The van der Waals surface area contributed by atoms with E-state index in [1.54, 1.807) is 0 Å². The van der Waals surface area contributed by atoms with Crippen molar-refractivity contribution in [3.05, 3.63) is 66.4 Å². The van der Waals surface area contributed by atoms with Crippen LogP contribution in [0.4, 0.5) is 5.69 Å². The SMILES string of the molecule is Cc1ccc(-n2cc(N)c(-c3ccccc3)n2)cc1. The average Bonchev–Trinajstić information content (AvgIpc) is 2.83. The molecule has 0 atom stereocenters. The van der Waals surface area contributed by atoms with Crippen molar-refractivity contribution >= 4 is 5.69 Å². The van der Waals surface area contributed by atoms with Crippen LogP contribution < -0.4 is 5.73 Å². The van der Waals surface area contributed by atoms with E-state index >= 15 is 0 Å². The zero-order valence-electron chi connectivity index (χ0n) is 10.7. The van der Waals surface area contributed by atoms with Crippen molar-refractivity contribution in [3.8, 4) is 16.9 Å². The summed E-state index contributed by atoms with van der Waals surface area (Å²) in [5.74, 6) is 0. The van der Waals surface area contributed by atoms with Gasteiger partial charge in [0.1, 0.15) is 5.69 Å². The van der Waals surface area contributed by atoms with Crippen LogP contribution in [0.15, 0.2) is 60.8 Å². The van der Waals surface area contributed by atoms with Crippen molar-refractivity contribution in [2.24, 2.45) is 0 Å². The maximum absolute atomic E-state index is 6.06. The van der Waals surface area contributed by atoms with Crippen molar-refractivity contribution in [2.45, 2.75) is 6.92 Å². The summed E-state index contributed by atoms with van der Waals surface area (Å²) in [6, 6.07) is 18.2. The van der Waals surface area contributed by atoms with Gasteiger partial charge in [-0.2, -0.15) is 5.10 Å². The van der Waals surface area contributed by atoms with Gasteiger partial charge in [0.25, 0.3) is 0 Å². The lowest BCUT2D eigenvalue weighted by molar-refractivity contribution is 0.884. The number of benzene rings is 2. The van der Waals surface area contributed by atoms with Crippen LogP contribution >= 0.6 is 0 Å². The largest absolute Gasteiger partial charge is 0.396 e. The molecule has 0 saturated carbocycles. The van der Waals surface area contributed by atoms with Crippen LogP contribution in [0.2, 0.25) is 0 Å². The third-order valence-electron chi connectivity index (χ3n) is 3.09. The highest BCUT2D eigenvalue weighted by molar-refractivity contribution is 5.72. The second-order valence-corrected chi connectivity index (χ2v) is 4.58. The van der Waals surface area contributed by atoms with E-state index in [0.29, 0.717) is 5.69 Å². The topological polar surface area (TPSA) is 43.8 Å². The molecule has 0 radical (unpaired) electrons. The van der Waals surface area contributed by atoms with Crippen LogP contribution in [-0.2, 0) is 0 Å². The molecule has 1 heterocycles. The monoisotopic (exact) mass is 249 g/mol. The zero-order chi connectivity index (χ0) is 13.2. The molecular weight excluding hydrogens is 234 g/mol. The molecule has 0 aliphatic carbocycles. The molecule has 0 spiro atoms. The van der Waals surface area contributed by atoms with Gasteiger partial charge in [0, 0.05) is 5.56 Å². The molecule has 0 amide bonds. The Hall–Kier alpha value is -2.55. The highest BCUT2D eigenvalue weighted by Gasteiger charge is 2.08. The molecule has 94 valence electrons. The van der Waals surface area contributed by atoms with Crippen molar-refractivity contribution < 1.29 is 0 Å². The number of rotatable bonds is 2.